The fraction of sp³-hybridized carbons (Fsp3) is 0.368. The van der Waals surface area contributed by atoms with Crippen molar-refractivity contribution in [3.8, 4) is 0 Å². The third-order valence-electron chi connectivity index (χ3n) is 5.06. The molecule has 0 saturated heterocycles. The fourth-order valence-corrected chi connectivity index (χ4v) is 5.98. The van der Waals surface area contributed by atoms with Crippen LogP contribution >= 0.6 is 11.6 Å². The second-order valence-corrected chi connectivity index (χ2v) is 9.36. The smallest absolute Gasteiger partial charge is 0.188 e. The lowest BCUT2D eigenvalue weighted by Gasteiger charge is -2.33. The first-order chi connectivity index (χ1) is 12.3. The van der Waals surface area contributed by atoms with Crippen LogP contribution in [0.25, 0.3) is 0 Å². The normalized spacial score (nSPS) is 24.2. The summed E-state index contributed by atoms with van der Waals surface area (Å²) in [5.41, 5.74) is -0.179. The zero-order chi connectivity index (χ0) is 18.9. The van der Waals surface area contributed by atoms with Gasteiger partial charge in [0.15, 0.2) is 9.84 Å². The second kappa shape index (κ2) is 7.25. The molecule has 0 bridgehead atoms. The van der Waals surface area contributed by atoms with Gasteiger partial charge < -0.3 is 5.11 Å². The Morgan fingerprint density at radius 2 is 1.73 bits per heavy atom. The lowest BCUT2D eigenvalue weighted by atomic mass is 9.90. The van der Waals surface area contributed by atoms with Crippen LogP contribution in [0.5, 0.6) is 0 Å². The number of aliphatic hydroxyl groups excluding tert-OH is 1. The minimum Gasteiger partial charge on any atom is -0.393 e. The fourth-order valence-electron chi connectivity index (χ4n) is 3.66. The molecule has 7 heteroatoms. The molecule has 0 aromatic heterocycles. The molecule has 3 nitrogen and oxygen atoms in total. The Bertz CT molecular complexity index is 900. The van der Waals surface area contributed by atoms with Crippen LogP contribution < -0.4 is 0 Å². The van der Waals surface area contributed by atoms with Gasteiger partial charge in [-0.25, -0.2) is 17.2 Å². The molecule has 1 aliphatic rings. The summed E-state index contributed by atoms with van der Waals surface area (Å²) in [6.45, 7) is 0. The molecule has 1 saturated carbocycles. The molecule has 1 unspecified atom stereocenters. The largest absolute Gasteiger partial charge is 0.393 e. The average Bonchev–Trinajstić information content (AvgIpc) is 2.80. The van der Waals surface area contributed by atoms with Gasteiger partial charge in [-0.05, 0) is 74.6 Å². The van der Waals surface area contributed by atoms with E-state index in [0.29, 0.717) is 17.9 Å². The van der Waals surface area contributed by atoms with Crippen LogP contribution in [0.1, 0.15) is 37.7 Å². The molecule has 2 aromatic carbocycles. The van der Waals surface area contributed by atoms with Crippen LogP contribution in [-0.4, -0.2) is 19.6 Å². The van der Waals surface area contributed by atoms with E-state index in [2.05, 4.69) is 0 Å². The van der Waals surface area contributed by atoms with Gasteiger partial charge in [0.1, 0.15) is 16.4 Å². The number of rotatable bonds is 3. The van der Waals surface area contributed by atoms with Crippen LogP contribution in [0.15, 0.2) is 47.4 Å². The number of benzene rings is 2. The third kappa shape index (κ3) is 3.38. The summed E-state index contributed by atoms with van der Waals surface area (Å²) >= 11 is 5.85. The molecular formula is C19H19ClF2O3S. The van der Waals surface area contributed by atoms with E-state index in [1.807, 2.05) is 0 Å². The molecule has 3 rings (SSSR count). The molecule has 1 fully saturated rings. The Hall–Kier alpha value is -1.50. The molecule has 0 spiro atoms. The van der Waals surface area contributed by atoms with Crippen molar-refractivity contribution in [3.05, 3.63) is 64.7 Å². The summed E-state index contributed by atoms with van der Waals surface area (Å²) in [5, 5.41) is 10.4. The Morgan fingerprint density at radius 3 is 2.42 bits per heavy atom. The molecule has 0 heterocycles. The molecule has 26 heavy (non-hydrogen) atoms. The molecular weight excluding hydrogens is 382 g/mol. The molecule has 0 amide bonds. The van der Waals surface area contributed by atoms with Gasteiger partial charge in [-0.1, -0.05) is 11.6 Å². The average molecular weight is 401 g/mol. The van der Waals surface area contributed by atoms with Crippen molar-refractivity contribution in [1.82, 2.24) is 0 Å². The maximum absolute atomic E-state index is 14.6. The zero-order valence-corrected chi connectivity index (χ0v) is 15.5. The van der Waals surface area contributed by atoms with Crippen molar-refractivity contribution >= 4 is 21.4 Å². The number of halogens is 3. The number of aliphatic hydroxyl groups is 1. The highest BCUT2D eigenvalue weighted by molar-refractivity contribution is 7.92. The Labute approximate surface area is 156 Å². The molecule has 0 aliphatic heterocycles. The van der Waals surface area contributed by atoms with E-state index in [4.69, 9.17) is 11.6 Å². The first-order valence-electron chi connectivity index (χ1n) is 8.40. The van der Waals surface area contributed by atoms with Crippen LogP contribution in [0.4, 0.5) is 8.78 Å². The van der Waals surface area contributed by atoms with Gasteiger partial charge in [-0.15, -0.1) is 0 Å². The van der Waals surface area contributed by atoms with E-state index in [-0.39, 0.29) is 29.7 Å². The van der Waals surface area contributed by atoms with E-state index in [0.717, 1.165) is 18.2 Å². The maximum atomic E-state index is 14.6. The van der Waals surface area contributed by atoms with E-state index < -0.39 is 32.3 Å². The number of sulfone groups is 1. The first kappa shape index (κ1) is 19.3. The minimum atomic E-state index is -4.06. The molecule has 140 valence electrons. The van der Waals surface area contributed by atoms with Gasteiger partial charge >= 0.3 is 0 Å². The maximum Gasteiger partial charge on any atom is 0.188 e. The van der Waals surface area contributed by atoms with Crippen molar-refractivity contribution in [2.75, 3.05) is 0 Å². The Morgan fingerprint density at radius 1 is 1.04 bits per heavy atom. The van der Waals surface area contributed by atoms with Gasteiger partial charge in [-0.2, -0.15) is 0 Å². The monoisotopic (exact) mass is 400 g/mol. The topological polar surface area (TPSA) is 54.4 Å². The lowest BCUT2D eigenvalue weighted by Crippen LogP contribution is -2.37. The summed E-state index contributed by atoms with van der Waals surface area (Å²) < 4.78 is 53.9. The highest BCUT2D eigenvalue weighted by Crippen LogP contribution is 2.47. The van der Waals surface area contributed by atoms with Crippen molar-refractivity contribution in [2.24, 2.45) is 0 Å². The Balaban J connectivity index is 2.24. The van der Waals surface area contributed by atoms with Gasteiger partial charge in [0.05, 0.1) is 11.0 Å². The third-order valence-corrected chi connectivity index (χ3v) is 7.86. The highest BCUT2D eigenvalue weighted by Gasteiger charge is 2.48. The summed E-state index contributed by atoms with van der Waals surface area (Å²) in [4.78, 5) is 0.00181. The van der Waals surface area contributed by atoms with E-state index >= 15 is 0 Å². The second-order valence-electron chi connectivity index (χ2n) is 6.66. The summed E-state index contributed by atoms with van der Waals surface area (Å²) in [5.74, 6) is -1.46. The SMILES string of the molecule is O=S(=O)(c1ccc(Cl)cc1)[C@@]1(c2cc(F)ccc2F)CCCC(O)CC1. The standard InChI is InChI=1S/C19H19ClF2O3S/c20-13-3-6-16(7-4-13)26(24,25)19(10-1-2-15(23)9-11-19)17-12-14(21)5-8-18(17)22/h3-8,12,15,23H,1-2,9-11H2/t15?,19-/m0/s1. The predicted octanol–water partition coefficient (Wildman–Crippen LogP) is 4.61. The molecule has 2 atom stereocenters. The number of hydrogen-bond acceptors (Lipinski definition) is 3. The van der Waals surface area contributed by atoms with Crippen molar-refractivity contribution in [2.45, 2.75) is 47.9 Å². The summed E-state index contributed by atoms with van der Waals surface area (Å²) in [6, 6.07) is 8.53. The molecule has 0 radical (unpaired) electrons. The molecule has 2 aromatic rings. The van der Waals surface area contributed by atoms with E-state index in [1.54, 1.807) is 0 Å². The van der Waals surface area contributed by atoms with Crippen molar-refractivity contribution in [1.29, 1.82) is 0 Å². The van der Waals surface area contributed by atoms with Gasteiger partial charge in [0, 0.05) is 10.6 Å². The summed E-state index contributed by atoms with van der Waals surface area (Å²) in [6.07, 6.45) is 0.477. The Kier molecular flexibility index (Phi) is 5.37. The number of hydrogen-bond donors (Lipinski definition) is 1. The van der Waals surface area contributed by atoms with Crippen LogP contribution in [0.3, 0.4) is 0 Å². The van der Waals surface area contributed by atoms with Gasteiger partial charge in [0.25, 0.3) is 0 Å². The van der Waals surface area contributed by atoms with E-state index in [1.165, 1.54) is 24.3 Å². The summed E-state index contributed by atoms with van der Waals surface area (Å²) in [7, 11) is -4.06. The minimum absolute atomic E-state index is 0.00181. The van der Waals surface area contributed by atoms with Crippen molar-refractivity contribution < 1.29 is 22.3 Å². The molecule has 1 N–H and O–H groups in total. The first-order valence-corrected chi connectivity index (χ1v) is 10.3. The van der Waals surface area contributed by atoms with Crippen molar-refractivity contribution in [3.63, 3.8) is 0 Å². The zero-order valence-electron chi connectivity index (χ0n) is 14.0. The highest BCUT2D eigenvalue weighted by atomic mass is 35.5. The quantitative estimate of drug-likeness (QED) is 0.765. The van der Waals surface area contributed by atoms with E-state index in [9.17, 15) is 22.3 Å². The lowest BCUT2D eigenvalue weighted by molar-refractivity contribution is 0.156. The van der Waals surface area contributed by atoms with Gasteiger partial charge in [0.2, 0.25) is 0 Å². The van der Waals surface area contributed by atoms with Crippen LogP contribution in [0.2, 0.25) is 5.02 Å². The van der Waals surface area contributed by atoms with Gasteiger partial charge in [-0.3, -0.25) is 0 Å². The molecule has 1 aliphatic carbocycles. The predicted molar refractivity (Wildman–Crippen MR) is 95.8 cm³/mol. The van der Waals surface area contributed by atoms with Crippen LogP contribution in [0, 0.1) is 11.6 Å². The van der Waals surface area contributed by atoms with Crippen LogP contribution in [-0.2, 0) is 14.6 Å².